The summed E-state index contributed by atoms with van der Waals surface area (Å²) >= 11 is 9.46. The molecule has 0 spiro atoms. The fourth-order valence-electron chi connectivity index (χ4n) is 3.18. The fraction of sp³-hybridized carbons (Fsp3) is 0.250. The average molecular weight is 459 g/mol. The summed E-state index contributed by atoms with van der Waals surface area (Å²) < 4.78 is 1.04. The molecule has 0 saturated heterocycles. The average Bonchev–Trinajstić information content (AvgIpc) is 2.69. The summed E-state index contributed by atoms with van der Waals surface area (Å²) in [7, 11) is 0. The molecule has 0 amide bonds. The predicted octanol–water partition coefficient (Wildman–Crippen LogP) is 7.50. The second-order valence-corrected chi connectivity index (χ2v) is 8.68. The highest BCUT2D eigenvalue weighted by atomic mass is 79.9. The summed E-state index contributed by atoms with van der Waals surface area (Å²) in [5.74, 6) is 0.492. The van der Waals surface area contributed by atoms with E-state index in [0.717, 1.165) is 21.3 Å². The Kier molecular flexibility index (Phi) is 7.17. The second kappa shape index (κ2) is 9.60. The molecule has 2 unspecified atom stereocenters. The normalized spacial score (nSPS) is 13.4. The van der Waals surface area contributed by atoms with Crippen molar-refractivity contribution in [2.24, 2.45) is 0 Å². The van der Waals surface area contributed by atoms with Crippen molar-refractivity contribution in [2.45, 2.75) is 38.3 Å². The largest absolute Gasteiger partial charge is 0.388 e. The van der Waals surface area contributed by atoms with Crippen molar-refractivity contribution in [3.63, 3.8) is 0 Å². The molecule has 3 aromatic rings. The molecule has 2 nitrogen and oxygen atoms in total. The molecule has 0 radical (unpaired) electrons. The van der Waals surface area contributed by atoms with Gasteiger partial charge >= 0.3 is 0 Å². The van der Waals surface area contributed by atoms with Crippen LogP contribution >= 0.6 is 27.5 Å². The molecule has 0 aliphatic heterocycles. The van der Waals surface area contributed by atoms with Crippen LogP contribution in [0.2, 0.25) is 5.02 Å². The van der Waals surface area contributed by atoms with Gasteiger partial charge in [0.05, 0.1) is 12.1 Å². The third kappa shape index (κ3) is 5.60. The number of nitrogens with one attached hydrogen (secondary N) is 1. The van der Waals surface area contributed by atoms with Gasteiger partial charge in [-0.15, -0.1) is 0 Å². The van der Waals surface area contributed by atoms with Crippen LogP contribution in [0.3, 0.4) is 0 Å². The maximum Gasteiger partial charge on any atom is 0.0813 e. The minimum absolute atomic E-state index is 0.0203. The van der Waals surface area contributed by atoms with Crippen molar-refractivity contribution in [3.05, 3.63) is 99.0 Å². The lowest BCUT2D eigenvalue weighted by Gasteiger charge is -2.24. The lowest BCUT2D eigenvalue weighted by Crippen LogP contribution is -2.15. The Bertz CT molecular complexity index is 876. The first-order valence-electron chi connectivity index (χ1n) is 9.48. The van der Waals surface area contributed by atoms with Crippen LogP contribution in [0.5, 0.6) is 0 Å². The van der Waals surface area contributed by atoms with Gasteiger partial charge in [-0.25, -0.2) is 0 Å². The highest BCUT2D eigenvalue weighted by Gasteiger charge is 2.18. The number of halogens is 2. The van der Waals surface area contributed by atoms with Crippen LogP contribution in [0.1, 0.15) is 55.0 Å². The lowest BCUT2D eigenvalue weighted by atomic mass is 9.94. The molecule has 146 valence electrons. The number of hydrogen-bond acceptors (Lipinski definition) is 2. The SMILES string of the molecule is CC(C)c1ccc(C(CC(O)c2ccc(Cl)cc2)Nc2ccc(Br)cc2)cc1. The smallest absolute Gasteiger partial charge is 0.0813 e. The van der Waals surface area contributed by atoms with Crippen molar-refractivity contribution >= 4 is 33.2 Å². The Morgan fingerprint density at radius 2 is 1.36 bits per heavy atom. The number of aliphatic hydroxyl groups is 1. The number of aliphatic hydroxyl groups excluding tert-OH is 1. The Morgan fingerprint density at radius 1 is 0.821 bits per heavy atom. The Balaban J connectivity index is 1.84. The van der Waals surface area contributed by atoms with Crippen LogP contribution in [-0.4, -0.2) is 5.11 Å². The topological polar surface area (TPSA) is 32.3 Å². The number of benzene rings is 3. The molecule has 0 heterocycles. The third-order valence-corrected chi connectivity index (χ3v) is 5.69. The zero-order chi connectivity index (χ0) is 20.1. The van der Waals surface area contributed by atoms with Crippen molar-refractivity contribution in [1.82, 2.24) is 0 Å². The standard InChI is InChI=1S/C24H25BrClNO/c1-16(2)17-3-5-18(6-4-17)23(27-22-13-9-20(25)10-14-22)15-24(28)19-7-11-21(26)12-8-19/h3-14,16,23-24,27-28H,15H2,1-2H3. The number of rotatable bonds is 7. The highest BCUT2D eigenvalue weighted by molar-refractivity contribution is 9.10. The lowest BCUT2D eigenvalue weighted by molar-refractivity contribution is 0.160. The second-order valence-electron chi connectivity index (χ2n) is 7.33. The highest BCUT2D eigenvalue weighted by Crippen LogP contribution is 2.31. The molecule has 3 aromatic carbocycles. The van der Waals surface area contributed by atoms with Gasteiger partial charge < -0.3 is 10.4 Å². The van der Waals surface area contributed by atoms with Gasteiger partial charge in [0, 0.05) is 21.6 Å². The van der Waals surface area contributed by atoms with E-state index in [0.29, 0.717) is 17.4 Å². The van der Waals surface area contributed by atoms with E-state index in [1.54, 1.807) is 0 Å². The molecule has 0 aromatic heterocycles. The summed E-state index contributed by atoms with van der Waals surface area (Å²) in [4.78, 5) is 0. The molecule has 2 N–H and O–H groups in total. The molecule has 3 rings (SSSR count). The van der Waals surface area contributed by atoms with Crippen LogP contribution in [-0.2, 0) is 0 Å². The van der Waals surface area contributed by atoms with Crippen LogP contribution in [0.15, 0.2) is 77.3 Å². The van der Waals surface area contributed by atoms with Crippen LogP contribution in [0.4, 0.5) is 5.69 Å². The van der Waals surface area contributed by atoms with Crippen molar-refractivity contribution in [1.29, 1.82) is 0 Å². The van der Waals surface area contributed by atoms with Crippen molar-refractivity contribution in [2.75, 3.05) is 5.32 Å². The molecule has 0 saturated carbocycles. The first-order chi connectivity index (χ1) is 13.4. The minimum Gasteiger partial charge on any atom is -0.388 e. The molecule has 28 heavy (non-hydrogen) atoms. The molecule has 4 heteroatoms. The Labute approximate surface area is 180 Å². The summed E-state index contributed by atoms with van der Waals surface area (Å²) in [6, 6.07) is 24.1. The van der Waals surface area contributed by atoms with Gasteiger partial charge in [0.2, 0.25) is 0 Å². The summed E-state index contributed by atoms with van der Waals surface area (Å²) in [6.07, 6.45) is -0.0337. The van der Waals surface area contributed by atoms with Gasteiger partial charge in [-0.2, -0.15) is 0 Å². The summed E-state index contributed by atoms with van der Waals surface area (Å²) in [5, 5.41) is 15.1. The van der Waals surface area contributed by atoms with E-state index in [1.807, 2.05) is 48.5 Å². The van der Waals surface area contributed by atoms with Gasteiger partial charge in [0.1, 0.15) is 0 Å². The first kappa shape index (κ1) is 20.9. The minimum atomic E-state index is -0.588. The van der Waals surface area contributed by atoms with Crippen molar-refractivity contribution in [3.8, 4) is 0 Å². The van der Waals surface area contributed by atoms with E-state index in [1.165, 1.54) is 5.56 Å². The maximum atomic E-state index is 10.8. The first-order valence-corrected chi connectivity index (χ1v) is 10.6. The molecular formula is C24H25BrClNO. The molecule has 2 atom stereocenters. The van der Waals surface area contributed by atoms with Gasteiger partial charge in [0.15, 0.2) is 0 Å². The molecule has 0 fully saturated rings. The van der Waals surface area contributed by atoms with Gasteiger partial charge in [-0.05, 0) is 59.0 Å². The fourth-order valence-corrected chi connectivity index (χ4v) is 3.57. The van der Waals surface area contributed by atoms with Crippen LogP contribution in [0.25, 0.3) is 0 Å². The number of anilines is 1. The Morgan fingerprint density at radius 3 is 1.93 bits per heavy atom. The van der Waals surface area contributed by atoms with E-state index in [2.05, 4.69) is 59.4 Å². The Hall–Kier alpha value is -1.81. The molecular weight excluding hydrogens is 434 g/mol. The van der Waals surface area contributed by atoms with E-state index in [9.17, 15) is 5.11 Å². The molecule has 0 bridgehead atoms. The zero-order valence-electron chi connectivity index (χ0n) is 16.1. The molecule has 0 aliphatic carbocycles. The summed E-state index contributed by atoms with van der Waals surface area (Å²) in [5.41, 5.74) is 4.35. The van der Waals surface area contributed by atoms with Gasteiger partial charge in [-0.3, -0.25) is 0 Å². The van der Waals surface area contributed by atoms with Gasteiger partial charge in [-0.1, -0.05) is 77.8 Å². The number of hydrogen-bond donors (Lipinski definition) is 2. The van der Waals surface area contributed by atoms with E-state index in [4.69, 9.17) is 11.6 Å². The third-order valence-electron chi connectivity index (χ3n) is 4.90. The zero-order valence-corrected chi connectivity index (χ0v) is 18.4. The quantitative estimate of drug-likeness (QED) is 0.384. The maximum absolute atomic E-state index is 10.8. The van der Waals surface area contributed by atoms with E-state index >= 15 is 0 Å². The van der Waals surface area contributed by atoms with Crippen LogP contribution < -0.4 is 5.32 Å². The van der Waals surface area contributed by atoms with Crippen molar-refractivity contribution < 1.29 is 5.11 Å². The monoisotopic (exact) mass is 457 g/mol. The van der Waals surface area contributed by atoms with Crippen LogP contribution in [0, 0.1) is 0 Å². The summed E-state index contributed by atoms with van der Waals surface area (Å²) in [6.45, 7) is 4.38. The van der Waals surface area contributed by atoms with Gasteiger partial charge in [0.25, 0.3) is 0 Å². The molecule has 0 aliphatic rings. The van der Waals surface area contributed by atoms with E-state index in [-0.39, 0.29) is 6.04 Å². The van der Waals surface area contributed by atoms with E-state index < -0.39 is 6.10 Å². The predicted molar refractivity (Wildman–Crippen MR) is 122 cm³/mol.